The van der Waals surface area contributed by atoms with Crippen molar-refractivity contribution in [3.63, 3.8) is 0 Å². The molecule has 2 heterocycles. The highest BCUT2D eigenvalue weighted by Crippen LogP contribution is 2.47. The molecule has 3 atom stereocenters. The minimum Gasteiger partial charge on any atom is -0.465 e. The Morgan fingerprint density at radius 3 is 2.40 bits per heavy atom. The highest BCUT2D eigenvalue weighted by Gasteiger charge is 2.48. The largest absolute Gasteiger partial charge is 0.465 e. The molecule has 1 saturated carbocycles. The maximum absolute atomic E-state index is 13.5. The number of hydrogen-bond donors (Lipinski definition) is 2. The molecule has 3 fully saturated rings. The van der Waals surface area contributed by atoms with Gasteiger partial charge in [-0.3, -0.25) is 9.59 Å². The zero-order chi connectivity index (χ0) is 25.3. The second-order valence-corrected chi connectivity index (χ2v) is 11.8. The molecule has 2 N–H and O–H groups in total. The Bertz CT molecular complexity index is 975. The molecule has 1 aliphatic carbocycles. The van der Waals surface area contributed by atoms with Crippen LogP contribution in [0, 0.1) is 23.2 Å². The molecular weight excluding hydrogens is 489 g/mol. The van der Waals surface area contributed by atoms with Crippen LogP contribution < -0.4 is 5.32 Å². The summed E-state index contributed by atoms with van der Waals surface area (Å²) in [7, 11) is 0. The van der Waals surface area contributed by atoms with Crippen molar-refractivity contribution in [1.29, 1.82) is 0 Å². The number of carboxylic acid groups (broad SMARTS) is 1. The lowest BCUT2D eigenvalue weighted by molar-refractivity contribution is -0.142. The fourth-order valence-corrected chi connectivity index (χ4v) is 5.95. The molecule has 2 saturated heterocycles. The summed E-state index contributed by atoms with van der Waals surface area (Å²) in [6.07, 6.45) is 3.12. The van der Waals surface area contributed by atoms with Gasteiger partial charge in [0.2, 0.25) is 11.8 Å². The van der Waals surface area contributed by atoms with E-state index in [-0.39, 0.29) is 40.9 Å². The Kier molecular flexibility index (Phi) is 7.86. The molecule has 0 aromatic heterocycles. The van der Waals surface area contributed by atoms with E-state index in [4.69, 9.17) is 28.3 Å². The smallest absolute Gasteiger partial charge is 0.404 e. The summed E-state index contributed by atoms with van der Waals surface area (Å²) in [5, 5.41) is 12.4. The Morgan fingerprint density at radius 1 is 1.11 bits per heavy atom. The van der Waals surface area contributed by atoms with Crippen molar-refractivity contribution in [3.05, 3.63) is 33.8 Å². The second-order valence-electron chi connectivity index (χ2n) is 10.9. The zero-order valence-electron chi connectivity index (χ0n) is 20.4. The van der Waals surface area contributed by atoms with Crippen molar-refractivity contribution in [1.82, 2.24) is 15.1 Å². The van der Waals surface area contributed by atoms with Crippen LogP contribution in [0.15, 0.2) is 18.2 Å². The van der Waals surface area contributed by atoms with Crippen molar-refractivity contribution < 1.29 is 19.5 Å². The maximum atomic E-state index is 13.5. The van der Waals surface area contributed by atoms with Gasteiger partial charge in [0.15, 0.2) is 0 Å². The highest BCUT2D eigenvalue weighted by molar-refractivity contribution is 6.42. The molecule has 0 radical (unpaired) electrons. The van der Waals surface area contributed by atoms with Crippen LogP contribution in [0.3, 0.4) is 0 Å². The van der Waals surface area contributed by atoms with Crippen LogP contribution in [0.4, 0.5) is 4.79 Å². The molecule has 35 heavy (non-hydrogen) atoms. The number of likely N-dealkylation sites (tertiary alicyclic amines) is 2. The molecule has 3 aliphatic rings. The number of amides is 3. The predicted octanol–water partition coefficient (Wildman–Crippen LogP) is 4.87. The quantitative estimate of drug-likeness (QED) is 0.533. The number of carbonyl (C=O) groups excluding carboxylic acids is 2. The van der Waals surface area contributed by atoms with E-state index in [2.05, 4.69) is 5.32 Å². The number of rotatable bonds is 7. The summed E-state index contributed by atoms with van der Waals surface area (Å²) in [6, 6.07) is 5.66. The van der Waals surface area contributed by atoms with Gasteiger partial charge in [-0.2, -0.15) is 0 Å². The van der Waals surface area contributed by atoms with Crippen LogP contribution in [0.1, 0.15) is 57.4 Å². The van der Waals surface area contributed by atoms with Crippen molar-refractivity contribution in [2.45, 2.75) is 51.9 Å². The van der Waals surface area contributed by atoms with Gasteiger partial charge < -0.3 is 20.2 Å². The van der Waals surface area contributed by atoms with Crippen molar-refractivity contribution in [2.24, 2.45) is 23.2 Å². The second kappa shape index (κ2) is 10.6. The average molecular weight is 524 g/mol. The first kappa shape index (κ1) is 26.1. The summed E-state index contributed by atoms with van der Waals surface area (Å²) in [6.45, 7) is 6.98. The third-order valence-electron chi connectivity index (χ3n) is 8.08. The first-order chi connectivity index (χ1) is 16.6. The summed E-state index contributed by atoms with van der Waals surface area (Å²) in [5.41, 5.74) is 0.884. The Balaban J connectivity index is 1.42. The summed E-state index contributed by atoms with van der Waals surface area (Å²) in [4.78, 5) is 41.0. The molecule has 9 heteroatoms. The van der Waals surface area contributed by atoms with Crippen LogP contribution in [-0.2, 0) is 9.59 Å². The van der Waals surface area contributed by atoms with Crippen LogP contribution in [-0.4, -0.2) is 65.5 Å². The Hall–Kier alpha value is -1.99. The van der Waals surface area contributed by atoms with Gasteiger partial charge in [-0.05, 0) is 61.6 Å². The molecule has 1 aromatic rings. The molecule has 1 unspecified atom stereocenters. The average Bonchev–Trinajstić information content (AvgIpc) is 3.45. The van der Waals surface area contributed by atoms with Gasteiger partial charge in [-0.1, -0.05) is 43.1 Å². The first-order valence-corrected chi connectivity index (χ1v) is 13.3. The molecule has 3 amide bonds. The lowest BCUT2D eigenvalue weighted by atomic mass is 9.83. The van der Waals surface area contributed by atoms with Gasteiger partial charge in [-0.25, -0.2) is 4.79 Å². The molecule has 0 bridgehead atoms. The molecule has 192 valence electrons. The lowest BCUT2D eigenvalue weighted by Crippen LogP contribution is -2.45. The number of benzene rings is 1. The number of hydrogen-bond acceptors (Lipinski definition) is 3. The van der Waals surface area contributed by atoms with E-state index in [0.717, 1.165) is 24.8 Å². The SMILES string of the molecule is CC(CNC(=O)O)C[C@@H]1CN(C(=O)C2CCN(C(=O)C3(C)CC3)CC2)C[C@H]1c1ccc(Cl)c(Cl)c1. The van der Waals surface area contributed by atoms with Crippen LogP contribution >= 0.6 is 23.2 Å². The Morgan fingerprint density at radius 2 is 1.80 bits per heavy atom. The topological polar surface area (TPSA) is 89.9 Å². The fourth-order valence-electron chi connectivity index (χ4n) is 5.64. The van der Waals surface area contributed by atoms with E-state index in [1.54, 1.807) is 6.07 Å². The van der Waals surface area contributed by atoms with Crippen molar-refractivity contribution >= 4 is 41.1 Å². The first-order valence-electron chi connectivity index (χ1n) is 12.6. The van der Waals surface area contributed by atoms with Crippen LogP contribution in [0.5, 0.6) is 0 Å². The third-order valence-corrected chi connectivity index (χ3v) is 8.82. The number of halogens is 2. The number of nitrogens with zero attached hydrogens (tertiary/aromatic N) is 2. The molecule has 1 aromatic carbocycles. The maximum Gasteiger partial charge on any atom is 0.404 e. The number of carbonyl (C=O) groups is 3. The van der Waals surface area contributed by atoms with Crippen LogP contribution in [0.2, 0.25) is 10.0 Å². The van der Waals surface area contributed by atoms with Crippen molar-refractivity contribution in [3.8, 4) is 0 Å². The summed E-state index contributed by atoms with van der Waals surface area (Å²) >= 11 is 12.4. The predicted molar refractivity (Wildman–Crippen MR) is 136 cm³/mol. The fraction of sp³-hybridized carbons (Fsp3) is 0.654. The molecular formula is C26H35Cl2N3O4. The van der Waals surface area contributed by atoms with Gasteiger partial charge in [0.1, 0.15) is 0 Å². The normalized spacial score (nSPS) is 24.8. The van der Waals surface area contributed by atoms with Gasteiger partial charge >= 0.3 is 6.09 Å². The monoisotopic (exact) mass is 523 g/mol. The molecule has 4 rings (SSSR count). The minimum absolute atomic E-state index is 0.0645. The Labute approximate surface area is 217 Å². The van der Waals surface area contributed by atoms with Crippen molar-refractivity contribution in [2.75, 3.05) is 32.7 Å². The minimum atomic E-state index is -1.03. The molecule has 2 aliphatic heterocycles. The van der Waals surface area contributed by atoms with E-state index in [0.29, 0.717) is 55.6 Å². The van der Waals surface area contributed by atoms with E-state index < -0.39 is 6.09 Å². The molecule has 7 nitrogen and oxygen atoms in total. The standard InChI is InChI=1S/C26H35Cl2N3O4/c1-16(13-29-25(34)35)11-19-14-31(15-20(19)18-3-4-21(27)22(28)12-18)23(32)17-5-9-30(10-6-17)24(33)26(2)7-8-26/h3-4,12,16-17,19-20,29H,5-11,13-15H2,1-2H3,(H,34,35)/t16?,19-,20+/m1/s1. The lowest BCUT2D eigenvalue weighted by Gasteiger charge is -2.34. The van der Waals surface area contributed by atoms with Gasteiger partial charge in [-0.15, -0.1) is 0 Å². The van der Waals surface area contributed by atoms with E-state index in [1.807, 2.05) is 35.8 Å². The number of piperidine rings is 1. The van der Waals surface area contributed by atoms with E-state index in [9.17, 15) is 14.4 Å². The van der Waals surface area contributed by atoms with E-state index in [1.165, 1.54) is 0 Å². The zero-order valence-corrected chi connectivity index (χ0v) is 21.9. The van der Waals surface area contributed by atoms with Gasteiger partial charge in [0.05, 0.1) is 10.0 Å². The summed E-state index contributed by atoms with van der Waals surface area (Å²) < 4.78 is 0. The third kappa shape index (κ3) is 6.05. The highest BCUT2D eigenvalue weighted by atomic mass is 35.5. The molecule has 0 spiro atoms. The van der Waals surface area contributed by atoms with Gasteiger partial charge in [0, 0.05) is 50.0 Å². The van der Waals surface area contributed by atoms with Gasteiger partial charge in [0.25, 0.3) is 0 Å². The van der Waals surface area contributed by atoms with E-state index >= 15 is 0 Å². The summed E-state index contributed by atoms with van der Waals surface area (Å²) in [5.74, 6) is 0.780. The van der Waals surface area contributed by atoms with Crippen LogP contribution in [0.25, 0.3) is 0 Å². The number of nitrogens with one attached hydrogen (secondary N) is 1.